The Morgan fingerprint density at radius 1 is 1.19 bits per heavy atom. The van der Waals surface area contributed by atoms with Crippen LogP contribution in [0.3, 0.4) is 0 Å². The molecule has 0 radical (unpaired) electrons. The van der Waals surface area contributed by atoms with Gasteiger partial charge in [-0.1, -0.05) is 44.2 Å². The number of amides is 3. The summed E-state index contributed by atoms with van der Waals surface area (Å²) in [7, 11) is 0. The number of nitrogens with one attached hydrogen (secondary N) is 1. The van der Waals surface area contributed by atoms with Crippen molar-refractivity contribution in [3.05, 3.63) is 35.9 Å². The van der Waals surface area contributed by atoms with Gasteiger partial charge in [0, 0.05) is 25.7 Å². The standard InChI is InChI=1S/C20H31N3O3/c1-15(2)17(14-24)22(13-16-9-6-5-7-10-16)11-8-12-23-18(25)20(3,4)21-19(23)26/h5-7,9-10,15,17,24H,8,11-14H2,1-4H3,(H,21,26). The number of carbonyl (C=O) groups excluding carboxylic acids is 2. The Balaban J connectivity index is 2.00. The third-order valence-electron chi connectivity index (χ3n) is 4.93. The molecule has 2 N–H and O–H groups in total. The van der Waals surface area contributed by atoms with Crippen molar-refractivity contribution in [2.45, 2.75) is 52.2 Å². The molecule has 1 saturated heterocycles. The van der Waals surface area contributed by atoms with Gasteiger partial charge in [-0.05, 0) is 31.7 Å². The van der Waals surface area contributed by atoms with Crippen LogP contribution in [0.15, 0.2) is 30.3 Å². The zero-order chi connectivity index (χ0) is 19.3. The zero-order valence-corrected chi connectivity index (χ0v) is 16.2. The van der Waals surface area contributed by atoms with Gasteiger partial charge < -0.3 is 10.4 Å². The van der Waals surface area contributed by atoms with Crippen LogP contribution in [0.4, 0.5) is 4.79 Å². The molecule has 26 heavy (non-hydrogen) atoms. The normalized spacial score (nSPS) is 17.9. The largest absolute Gasteiger partial charge is 0.395 e. The number of rotatable bonds is 9. The molecule has 1 heterocycles. The number of imide groups is 1. The average molecular weight is 361 g/mol. The lowest BCUT2D eigenvalue weighted by molar-refractivity contribution is -0.130. The molecular formula is C20H31N3O3. The molecule has 1 aromatic rings. The molecule has 1 atom stereocenters. The Kier molecular flexibility index (Phi) is 6.78. The van der Waals surface area contributed by atoms with Crippen LogP contribution in [0.5, 0.6) is 0 Å². The van der Waals surface area contributed by atoms with Crippen LogP contribution in [0.2, 0.25) is 0 Å². The predicted octanol–water partition coefficient (Wildman–Crippen LogP) is 2.23. The first-order valence-electron chi connectivity index (χ1n) is 9.29. The van der Waals surface area contributed by atoms with Gasteiger partial charge in [0.05, 0.1) is 6.61 Å². The van der Waals surface area contributed by atoms with Gasteiger partial charge in [0.2, 0.25) is 0 Å². The lowest BCUT2D eigenvalue weighted by atomic mass is 10.0. The van der Waals surface area contributed by atoms with Crippen molar-refractivity contribution >= 4 is 11.9 Å². The van der Waals surface area contributed by atoms with E-state index in [9.17, 15) is 14.7 Å². The SMILES string of the molecule is CC(C)C(CO)N(CCCN1C(=O)NC(C)(C)C1=O)Cc1ccccc1. The zero-order valence-electron chi connectivity index (χ0n) is 16.2. The van der Waals surface area contributed by atoms with E-state index in [1.165, 1.54) is 10.5 Å². The van der Waals surface area contributed by atoms with Crippen LogP contribution in [0, 0.1) is 5.92 Å². The first-order chi connectivity index (χ1) is 12.3. The van der Waals surface area contributed by atoms with Crippen molar-refractivity contribution in [3.8, 4) is 0 Å². The summed E-state index contributed by atoms with van der Waals surface area (Å²) in [5, 5.41) is 12.5. The Hall–Kier alpha value is -1.92. The van der Waals surface area contributed by atoms with E-state index in [2.05, 4.69) is 36.2 Å². The molecule has 0 saturated carbocycles. The van der Waals surface area contributed by atoms with Crippen LogP contribution in [-0.4, -0.2) is 58.1 Å². The molecule has 0 bridgehead atoms. The number of benzene rings is 1. The molecule has 3 amide bonds. The fourth-order valence-electron chi connectivity index (χ4n) is 3.38. The van der Waals surface area contributed by atoms with Crippen molar-refractivity contribution in [1.82, 2.24) is 15.1 Å². The van der Waals surface area contributed by atoms with E-state index in [4.69, 9.17) is 0 Å². The van der Waals surface area contributed by atoms with Gasteiger partial charge in [0.15, 0.2) is 0 Å². The maximum absolute atomic E-state index is 12.3. The summed E-state index contributed by atoms with van der Waals surface area (Å²) < 4.78 is 0. The monoisotopic (exact) mass is 361 g/mol. The van der Waals surface area contributed by atoms with Crippen molar-refractivity contribution in [2.24, 2.45) is 5.92 Å². The molecule has 0 aliphatic carbocycles. The molecule has 0 spiro atoms. The highest BCUT2D eigenvalue weighted by molar-refractivity contribution is 6.06. The topological polar surface area (TPSA) is 72.9 Å². The van der Waals surface area contributed by atoms with Gasteiger partial charge >= 0.3 is 6.03 Å². The summed E-state index contributed by atoms with van der Waals surface area (Å²) in [6, 6.07) is 9.85. The second kappa shape index (κ2) is 8.64. The van der Waals surface area contributed by atoms with Crippen molar-refractivity contribution in [2.75, 3.05) is 19.7 Å². The molecule has 2 rings (SSSR count). The van der Waals surface area contributed by atoms with Crippen LogP contribution < -0.4 is 5.32 Å². The number of carbonyl (C=O) groups is 2. The molecule has 1 aromatic carbocycles. The fourth-order valence-corrected chi connectivity index (χ4v) is 3.38. The van der Waals surface area contributed by atoms with E-state index in [1.54, 1.807) is 13.8 Å². The second-order valence-electron chi connectivity index (χ2n) is 7.82. The van der Waals surface area contributed by atoms with Gasteiger partial charge in [-0.25, -0.2) is 4.79 Å². The molecule has 0 aromatic heterocycles. The minimum atomic E-state index is -0.827. The lowest BCUT2D eigenvalue weighted by Crippen LogP contribution is -2.43. The summed E-state index contributed by atoms with van der Waals surface area (Å²) in [5.74, 6) is 0.124. The summed E-state index contributed by atoms with van der Waals surface area (Å²) in [4.78, 5) is 27.8. The van der Waals surface area contributed by atoms with Crippen LogP contribution in [-0.2, 0) is 11.3 Å². The fraction of sp³-hybridized carbons (Fsp3) is 0.600. The lowest BCUT2D eigenvalue weighted by Gasteiger charge is -2.33. The van der Waals surface area contributed by atoms with Crippen LogP contribution >= 0.6 is 0 Å². The Morgan fingerprint density at radius 2 is 1.85 bits per heavy atom. The number of nitrogens with zero attached hydrogens (tertiary/aromatic N) is 2. The summed E-state index contributed by atoms with van der Waals surface area (Å²) >= 11 is 0. The third-order valence-corrected chi connectivity index (χ3v) is 4.93. The number of aliphatic hydroxyl groups is 1. The second-order valence-corrected chi connectivity index (χ2v) is 7.82. The van der Waals surface area contributed by atoms with Crippen LogP contribution in [0.25, 0.3) is 0 Å². The Bertz CT molecular complexity index is 616. The third kappa shape index (κ3) is 4.83. The minimum absolute atomic E-state index is 0.0368. The van der Waals surface area contributed by atoms with Crippen molar-refractivity contribution in [1.29, 1.82) is 0 Å². The van der Waals surface area contributed by atoms with Gasteiger partial charge in [-0.2, -0.15) is 0 Å². The van der Waals surface area contributed by atoms with E-state index in [1.807, 2.05) is 18.2 Å². The number of hydrogen-bond acceptors (Lipinski definition) is 4. The number of urea groups is 1. The van der Waals surface area contributed by atoms with E-state index in [0.29, 0.717) is 25.4 Å². The summed E-state index contributed by atoms with van der Waals surface area (Å²) in [6.07, 6.45) is 0.672. The van der Waals surface area contributed by atoms with Gasteiger partial charge in [-0.15, -0.1) is 0 Å². The molecule has 6 heteroatoms. The maximum Gasteiger partial charge on any atom is 0.325 e. The average Bonchev–Trinajstić information content (AvgIpc) is 2.77. The molecule has 1 fully saturated rings. The number of hydrogen-bond donors (Lipinski definition) is 2. The van der Waals surface area contributed by atoms with Crippen LogP contribution in [0.1, 0.15) is 39.7 Å². The molecule has 1 aliphatic rings. The molecule has 144 valence electrons. The maximum atomic E-state index is 12.3. The first-order valence-corrected chi connectivity index (χ1v) is 9.29. The van der Waals surface area contributed by atoms with Gasteiger partial charge in [-0.3, -0.25) is 14.6 Å². The smallest absolute Gasteiger partial charge is 0.325 e. The quantitative estimate of drug-likeness (QED) is 0.662. The van der Waals surface area contributed by atoms with E-state index in [0.717, 1.165) is 6.54 Å². The van der Waals surface area contributed by atoms with Crippen molar-refractivity contribution in [3.63, 3.8) is 0 Å². The van der Waals surface area contributed by atoms with E-state index < -0.39 is 5.54 Å². The molecule has 6 nitrogen and oxygen atoms in total. The first kappa shape index (κ1) is 20.4. The van der Waals surface area contributed by atoms with Gasteiger partial charge in [0.25, 0.3) is 5.91 Å². The Morgan fingerprint density at radius 3 is 2.35 bits per heavy atom. The van der Waals surface area contributed by atoms with Gasteiger partial charge in [0.1, 0.15) is 5.54 Å². The highest BCUT2D eigenvalue weighted by Gasteiger charge is 2.43. The van der Waals surface area contributed by atoms with E-state index in [-0.39, 0.29) is 24.6 Å². The van der Waals surface area contributed by atoms with E-state index >= 15 is 0 Å². The summed E-state index contributed by atoms with van der Waals surface area (Å²) in [6.45, 7) is 9.53. The van der Waals surface area contributed by atoms with Crippen molar-refractivity contribution < 1.29 is 14.7 Å². The predicted molar refractivity (Wildman–Crippen MR) is 102 cm³/mol. The molecule has 1 aliphatic heterocycles. The number of aliphatic hydroxyl groups excluding tert-OH is 1. The summed E-state index contributed by atoms with van der Waals surface area (Å²) in [5.41, 5.74) is 0.356. The molecule has 1 unspecified atom stereocenters. The molecular weight excluding hydrogens is 330 g/mol. The minimum Gasteiger partial charge on any atom is -0.395 e. The highest BCUT2D eigenvalue weighted by Crippen LogP contribution is 2.18. The highest BCUT2D eigenvalue weighted by atomic mass is 16.3. The Labute approximate surface area is 156 Å².